The third-order valence-corrected chi connectivity index (χ3v) is 4.76. The number of rotatable bonds is 4. The van der Waals surface area contributed by atoms with Crippen LogP contribution in [0.1, 0.15) is 43.4 Å². The minimum atomic E-state index is 0.0832. The van der Waals surface area contributed by atoms with Crippen molar-refractivity contribution in [2.45, 2.75) is 39.2 Å². The second-order valence-corrected chi connectivity index (χ2v) is 6.36. The van der Waals surface area contributed by atoms with Crippen molar-refractivity contribution in [3.8, 4) is 0 Å². The maximum absolute atomic E-state index is 11.7. The number of hydrogen-bond donors (Lipinski definition) is 1. The van der Waals surface area contributed by atoms with Crippen LogP contribution in [-0.2, 0) is 11.2 Å². The Morgan fingerprint density at radius 2 is 2.32 bits per heavy atom. The normalized spacial score (nSPS) is 17.7. The average molecular weight is 317 g/mol. The molecule has 3 rings (SSSR count). The third kappa shape index (κ3) is 3.09. The van der Waals surface area contributed by atoms with Crippen molar-refractivity contribution in [2.24, 2.45) is 0 Å². The van der Waals surface area contributed by atoms with E-state index in [4.69, 9.17) is 0 Å². The summed E-state index contributed by atoms with van der Waals surface area (Å²) < 4.78 is 0. The van der Waals surface area contributed by atoms with Gasteiger partial charge in [0.1, 0.15) is 10.8 Å². The third-order valence-electron chi connectivity index (χ3n) is 3.77. The molecule has 1 fully saturated rings. The first-order chi connectivity index (χ1) is 10.7. The summed E-state index contributed by atoms with van der Waals surface area (Å²) in [5, 5.41) is 13.1. The molecule has 1 atom stereocenters. The molecule has 2 aromatic heterocycles. The van der Waals surface area contributed by atoms with Crippen LogP contribution < -0.4 is 5.32 Å². The molecule has 6 nitrogen and oxygen atoms in total. The monoisotopic (exact) mass is 317 g/mol. The lowest BCUT2D eigenvalue weighted by Gasteiger charge is -2.23. The highest BCUT2D eigenvalue weighted by molar-refractivity contribution is 7.15. The molecule has 1 unspecified atom stereocenters. The maximum Gasteiger partial charge on any atom is 0.220 e. The number of amides is 1. The number of aryl methyl sites for hydroxylation is 1. The predicted octanol–water partition coefficient (Wildman–Crippen LogP) is 2.92. The van der Waals surface area contributed by atoms with Gasteiger partial charge in [-0.15, -0.1) is 10.2 Å². The Hall–Kier alpha value is -2.02. The van der Waals surface area contributed by atoms with Crippen LogP contribution in [0.3, 0.4) is 0 Å². The summed E-state index contributed by atoms with van der Waals surface area (Å²) in [6.45, 7) is 4.49. The molecular weight excluding hydrogens is 298 g/mol. The molecule has 0 aliphatic carbocycles. The van der Waals surface area contributed by atoms with Crippen LogP contribution in [-0.4, -0.2) is 32.5 Å². The molecule has 1 aliphatic heterocycles. The summed E-state index contributed by atoms with van der Waals surface area (Å²) in [4.78, 5) is 18.3. The molecule has 3 heterocycles. The summed E-state index contributed by atoms with van der Waals surface area (Å²) in [6, 6.07) is 5.93. The second-order valence-electron chi connectivity index (χ2n) is 5.30. The molecule has 0 aromatic carbocycles. The molecule has 0 spiro atoms. The highest BCUT2D eigenvalue weighted by atomic mass is 32.1. The van der Waals surface area contributed by atoms with Gasteiger partial charge in [0.2, 0.25) is 11.0 Å². The molecular formula is C15H19N5OS. The molecule has 7 heteroatoms. The molecule has 116 valence electrons. The van der Waals surface area contributed by atoms with Gasteiger partial charge in [-0.05, 0) is 31.4 Å². The quantitative estimate of drug-likeness (QED) is 0.939. The zero-order chi connectivity index (χ0) is 15.5. The van der Waals surface area contributed by atoms with Gasteiger partial charge < -0.3 is 10.2 Å². The number of carbonyl (C=O) groups excluding carboxylic acids is 1. The first-order valence-corrected chi connectivity index (χ1v) is 8.32. The molecule has 0 bridgehead atoms. The lowest BCUT2D eigenvalue weighted by atomic mass is 10.1. The maximum atomic E-state index is 11.7. The van der Waals surface area contributed by atoms with Crippen LogP contribution in [0.2, 0.25) is 0 Å². The molecule has 1 N–H and O–H groups in total. The SMILES string of the molecule is CCc1nnc(Nc2cccc(C3CCCN3C(C)=O)n2)s1. The van der Waals surface area contributed by atoms with E-state index in [1.165, 1.54) is 11.3 Å². The molecule has 1 amide bonds. The van der Waals surface area contributed by atoms with Crippen molar-refractivity contribution < 1.29 is 4.79 Å². The molecule has 0 saturated carbocycles. The van der Waals surface area contributed by atoms with Gasteiger partial charge in [-0.1, -0.05) is 24.3 Å². The number of pyridine rings is 1. The van der Waals surface area contributed by atoms with Crippen LogP contribution in [0.25, 0.3) is 0 Å². The Kier molecular flexibility index (Phi) is 4.33. The van der Waals surface area contributed by atoms with E-state index < -0.39 is 0 Å². The van der Waals surface area contributed by atoms with E-state index in [1.807, 2.05) is 23.1 Å². The largest absolute Gasteiger partial charge is 0.334 e. The Morgan fingerprint density at radius 1 is 1.45 bits per heavy atom. The zero-order valence-corrected chi connectivity index (χ0v) is 13.6. The minimum absolute atomic E-state index is 0.0832. The van der Waals surface area contributed by atoms with Crippen LogP contribution in [0.15, 0.2) is 18.2 Å². The van der Waals surface area contributed by atoms with Gasteiger partial charge in [-0.2, -0.15) is 0 Å². The number of aromatic nitrogens is 3. The molecule has 1 aliphatic rings. The number of carbonyl (C=O) groups is 1. The number of likely N-dealkylation sites (tertiary alicyclic amines) is 1. The molecule has 2 aromatic rings. The summed E-state index contributed by atoms with van der Waals surface area (Å²) in [5.74, 6) is 0.853. The summed E-state index contributed by atoms with van der Waals surface area (Å²) in [7, 11) is 0. The van der Waals surface area contributed by atoms with E-state index in [9.17, 15) is 4.79 Å². The van der Waals surface area contributed by atoms with Crippen LogP contribution in [0.4, 0.5) is 10.9 Å². The Morgan fingerprint density at radius 3 is 3.05 bits per heavy atom. The van der Waals surface area contributed by atoms with E-state index in [1.54, 1.807) is 6.92 Å². The molecule has 22 heavy (non-hydrogen) atoms. The van der Waals surface area contributed by atoms with Crippen molar-refractivity contribution in [1.82, 2.24) is 20.1 Å². The van der Waals surface area contributed by atoms with E-state index in [-0.39, 0.29) is 11.9 Å². The smallest absolute Gasteiger partial charge is 0.220 e. The minimum Gasteiger partial charge on any atom is -0.334 e. The average Bonchev–Trinajstić information content (AvgIpc) is 3.16. The summed E-state index contributed by atoms with van der Waals surface area (Å²) >= 11 is 1.53. The predicted molar refractivity (Wildman–Crippen MR) is 86.2 cm³/mol. The van der Waals surface area contributed by atoms with Gasteiger partial charge in [0, 0.05) is 13.5 Å². The fraction of sp³-hybridized carbons (Fsp3) is 0.467. The van der Waals surface area contributed by atoms with Gasteiger partial charge in [-0.25, -0.2) is 4.98 Å². The van der Waals surface area contributed by atoms with Crippen molar-refractivity contribution in [1.29, 1.82) is 0 Å². The van der Waals surface area contributed by atoms with Gasteiger partial charge in [0.15, 0.2) is 0 Å². The van der Waals surface area contributed by atoms with E-state index >= 15 is 0 Å². The van der Waals surface area contributed by atoms with Gasteiger partial charge in [0.05, 0.1) is 11.7 Å². The lowest BCUT2D eigenvalue weighted by Crippen LogP contribution is -2.28. The fourth-order valence-corrected chi connectivity index (χ4v) is 3.40. The van der Waals surface area contributed by atoms with Crippen LogP contribution >= 0.6 is 11.3 Å². The topological polar surface area (TPSA) is 71.0 Å². The van der Waals surface area contributed by atoms with Crippen molar-refractivity contribution in [2.75, 3.05) is 11.9 Å². The molecule has 1 saturated heterocycles. The van der Waals surface area contributed by atoms with E-state index in [2.05, 4.69) is 27.4 Å². The number of anilines is 2. The second kappa shape index (κ2) is 6.39. The Balaban J connectivity index is 1.79. The van der Waals surface area contributed by atoms with Crippen molar-refractivity contribution in [3.63, 3.8) is 0 Å². The Bertz CT molecular complexity index is 671. The van der Waals surface area contributed by atoms with E-state index in [0.29, 0.717) is 0 Å². The van der Waals surface area contributed by atoms with Crippen molar-refractivity contribution >= 4 is 28.2 Å². The van der Waals surface area contributed by atoms with Gasteiger partial charge in [0.25, 0.3) is 0 Å². The first-order valence-electron chi connectivity index (χ1n) is 7.51. The van der Waals surface area contributed by atoms with Crippen molar-refractivity contribution in [3.05, 3.63) is 28.9 Å². The number of nitrogens with zero attached hydrogens (tertiary/aromatic N) is 4. The van der Waals surface area contributed by atoms with Crippen LogP contribution in [0.5, 0.6) is 0 Å². The molecule has 0 radical (unpaired) electrons. The van der Waals surface area contributed by atoms with E-state index in [0.717, 1.165) is 47.5 Å². The summed E-state index contributed by atoms with van der Waals surface area (Å²) in [6.07, 6.45) is 2.87. The fourth-order valence-electron chi connectivity index (χ4n) is 2.71. The van der Waals surface area contributed by atoms with Gasteiger partial charge >= 0.3 is 0 Å². The standard InChI is InChI=1S/C15H19N5OS/c1-3-14-18-19-15(22-14)17-13-8-4-6-11(16-13)12-7-5-9-20(12)10(2)21/h4,6,8,12H,3,5,7,9H2,1-2H3,(H,16,17,19). The first kappa shape index (κ1) is 14.9. The Labute approximate surface area is 133 Å². The number of nitrogens with one attached hydrogen (secondary N) is 1. The van der Waals surface area contributed by atoms with Crippen LogP contribution in [0, 0.1) is 0 Å². The lowest BCUT2D eigenvalue weighted by molar-refractivity contribution is -0.129. The number of hydrogen-bond acceptors (Lipinski definition) is 6. The van der Waals surface area contributed by atoms with Gasteiger partial charge in [-0.3, -0.25) is 4.79 Å². The summed E-state index contributed by atoms with van der Waals surface area (Å²) in [5.41, 5.74) is 0.929. The zero-order valence-electron chi connectivity index (χ0n) is 12.7. The highest BCUT2D eigenvalue weighted by Crippen LogP contribution is 2.31. The highest BCUT2D eigenvalue weighted by Gasteiger charge is 2.28.